The number of aryl methyl sites for hydroxylation is 1. The predicted octanol–water partition coefficient (Wildman–Crippen LogP) is 2.30. The molecule has 0 bridgehead atoms. The minimum atomic E-state index is -0.380. The number of piperidine rings is 1. The standard InChI is InChI=1S/C16H23NO2/c1-12-4-6-13(7-5-12)10-15(19)17-11-14(18)8-9-16(17,2)3/h4-7,14,18H,8-11H2,1-3H3. The van der Waals surface area contributed by atoms with Crippen LogP contribution in [-0.4, -0.2) is 34.1 Å². The molecule has 1 aliphatic heterocycles. The van der Waals surface area contributed by atoms with Crippen LogP contribution < -0.4 is 0 Å². The van der Waals surface area contributed by atoms with Crippen LogP contribution in [0.15, 0.2) is 24.3 Å². The Bertz CT molecular complexity index is 450. The molecule has 1 amide bonds. The maximum Gasteiger partial charge on any atom is 0.227 e. The van der Waals surface area contributed by atoms with Crippen molar-refractivity contribution in [2.24, 2.45) is 0 Å². The van der Waals surface area contributed by atoms with Crippen LogP contribution in [0.1, 0.15) is 37.8 Å². The first-order valence-corrected chi connectivity index (χ1v) is 6.92. The first-order valence-electron chi connectivity index (χ1n) is 6.92. The van der Waals surface area contributed by atoms with E-state index in [2.05, 4.69) is 13.8 Å². The molecular weight excluding hydrogens is 238 g/mol. The zero-order valence-corrected chi connectivity index (χ0v) is 12.0. The van der Waals surface area contributed by atoms with E-state index in [9.17, 15) is 9.90 Å². The summed E-state index contributed by atoms with van der Waals surface area (Å²) in [5.41, 5.74) is 2.08. The van der Waals surface area contributed by atoms with Crippen LogP contribution in [0, 0.1) is 6.92 Å². The molecule has 1 saturated heterocycles. The van der Waals surface area contributed by atoms with Crippen molar-refractivity contribution in [3.8, 4) is 0 Å². The molecular formula is C16H23NO2. The van der Waals surface area contributed by atoms with E-state index in [1.165, 1.54) is 5.56 Å². The summed E-state index contributed by atoms with van der Waals surface area (Å²) < 4.78 is 0. The highest BCUT2D eigenvalue weighted by molar-refractivity contribution is 5.79. The third-order valence-electron chi connectivity index (χ3n) is 3.99. The Morgan fingerprint density at radius 3 is 2.63 bits per heavy atom. The Morgan fingerprint density at radius 1 is 1.37 bits per heavy atom. The summed E-state index contributed by atoms with van der Waals surface area (Å²) >= 11 is 0. The molecule has 1 heterocycles. The van der Waals surface area contributed by atoms with Gasteiger partial charge in [-0.25, -0.2) is 0 Å². The Hall–Kier alpha value is -1.35. The summed E-state index contributed by atoms with van der Waals surface area (Å²) in [5.74, 6) is 0.104. The number of aliphatic hydroxyl groups excluding tert-OH is 1. The molecule has 2 rings (SSSR count). The second-order valence-corrected chi connectivity index (χ2v) is 6.17. The van der Waals surface area contributed by atoms with Crippen molar-refractivity contribution in [1.82, 2.24) is 4.90 Å². The number of hydrogen-bond donors (Lipinski definition) is 1. The van der Waals surface area contributed by atoms with Gasteiger partial charge in [0, 0.05) is 12.1 Å². The van der Waals surface area contributed by atoms with Crippen LogP contribution in [0.5, 0.6) is 0 Å². The molecule has 0 saturated carbocycles. The summed E-state index contributed by atoms with van der Waals surface area (Å²) in [5, 5.41) is 9.77. The Labute approximate surface area is 115 Å². The van der Waals surface area contributed by atoms with Crippen LogP contribution >= 0.6 is 0 Å². The Morgan fingerprint density at radius 2 is 2.00 bits per heavy atom. The summed E-state index contributed by atoms with van der Waals surface area (Å²) in [7, 11) is 0. The molecule has 0 radical (unpaired) electrons. The molecule has 3 nitrogen and oxygen atoms in total. The molecule has 19 heavy (non-hydrogen) atoms. The molecule has 0 spiro atoms. The smallest absolute Gasteiger partial charge is 0.227 e. The van der Waals surface area contributed by atoms with Gasteiger partial charge in [0.15, 0.2) is 0 Å². The van der Waals surface area contributed by atoms with E-state index in [0.29, 0.717) is 13.0 Å². The Kier molecular flexibility index (Phi) is 3.95. The quantitative estimate of drug-likeness (QED) is 0.887. The van der Waals surface area contributed by atoms with Crippen molar-refractivity contribution in [3.05, 3.63) is 35.4 Å². The lowest BCUT2D eigenvalue weighted by Gasteiger charge is -2.44. The van der Waals surface area contributed by atoms with Gasteiger partial charge in [0.05, 0.1) is 12.5 Å². The number of amides is 1. The monoisotopic (exact) mass is 261 g/mol. The van der Waals surface area contributed by atoms with E-state index >= 15 is 0 Å². The van der Waals surface area contributed by atoms with Gasteiger partial charge in [-0.05, 0) is 39.2 Å². The van der Waals surface area contributed by atoms with Crippen molar-refractivity contribution in [2.75, 3.05) is 6.54 Å². The summed E-state index contributed by atoms with van der Waals surface area (Å²) in [6.07, 6.45) is 1.67. The van der Waals surface area contributed by atoms with Crippen LogP contribution in [0.25, 0.3) is 0 Å². The van der Waals surface area contributed by atoms with Crippen LogP contribution in [-0.2, 0) is 11.2 Å². The number of aliphatic hydroxyl groups is 1. The lowest BCUT2D eigenvalue weighted by Crippen LogP contribution is -2.55. The van der Waals surface area contributed by atoms with E-state index in [-0.39, 0.29) is 17.6 Å². The molecule has 0 aromatic heterocycles. The molecule has 1 fully saturated rings. The zero-order valence-electron chi connectivity index (χ0n) is 12.0. The van der Waals surface area contributed by atoms with Crippen LogP contribution in [0.4, 0.5) is 0 Å². The van der Waals surface area contributed by atoms with Gasteiger partial charge >= 0.3 is 0 Å². The summed E-state index contributed by atoms with van der Waals surface area (Å²) in [6.45, 7) is 6.64. The second kappa shape index (κ2) is 5.33. The van der Waals surface area contributed by atoms with Gasteiger partial charge in [-0.3, -0.25) is 4.79 Å². The largest absolute Gasteiger partial charge is 0.391 e. The van der Waals surface area contributed by atoms with E-state index in [1.54, 1.807) is 0 Å². The van der Waals surface area contributed by atoms with Crippen molar-refractivity contribution in [1.29, 1.82) is 0 Å². The molecule has 104 valence electrons. The maximum absolute atomic E-state index is 12.4. The fourth-order valence-electron chi connectivity index (χ4n) is 2.62. The fraction of sp³-hybridized carbons (Fsp3) is 0.562. The average Bonchev–Trinajstić information content (AvgIpc) is 2.35. The highest BCUT2D eigenvalue weighted by Crippen LogP contribution is 2.28. The predicted molar refractivity (Wildman–Crippen MR) is 75.9 cm³/mol. The van der Waals surface area contributed by atoms with Gasteiger partial charge in [-0.15, -0.1) is 0 Å². The van der Waals surface area contributed by atoms with Crippen molar-refractivity contribution in [3.63, 3.8) is 0 Å². The summed E-state index contributed by atoms with van der Waals surface area (Å²) in [4.78, 5) is 14.3. The van der Waals surface area contributed by atoms with Gasteiger partial charge in [0.2, 0.25) is 5.91 Å². The van der Waals surface area contributed by atoms with Gasteiger partial charge in [0.1, 0.15) is 0 Å². The van der Waals surface area contributed by atoms with Gasteiger partial charge < -0.3 is 10.0 Å². The second-order valence-electron chi connectivity index (χ2n) is 6.17. The third-order valence-corrected chi connectivity index (χ3v) is 3.99. The summed E-state index contributed by atoms with van der Waals surface area (Å²) in [6, 6.07) is 8.05. The first kappa shape index (κ1) is 14.1. The van der Waals surface area contributed by atoms with E-state index < -0.39 is 0 Å². The van der Waals surface area contributed by atoms with Crippen molar-refractivity contribution in [2.45, 2.75) is 51.7 Å². The molecule has 1 aromatic rings. The van der Waals surface area contributed by atoms with Crippen LogP contribution in [0.2, 0.25) is 0 Å². The zero-order chi connectivity index (χ0) is 14.0. The van der Waals surface area contributed by atoms with E-state index in [4.69, 9.17) is 0 Å². The number of nitrogens with zero attached hydrogens (tertiary/aromatic N) is 1. The lowest BCUT2D eigenvalue weighted by atomic mass is 9.88. The van der Waals surface area contributed by atoms with Crippen LogP contribution in [0.3, 0.4) is 0 Å². The number of carbonyl (C=O) groups is 1. The molecule has 0 aliphatic carbocycles. The topological polar surface area (TPSA) is 40.5 Å². The SMILES string of the molecule is Cc1ccc(CC(=O)N2CC(O)CCC2(C)C)cc1. The number of carbonyl (C=O) groups excluding carboxylic acids is 1. The minimum absolute atomic E-state index is 0.104. The number of rotatable bonds is 2. The Balaban J connectivity index is 2.07. The maximum atomic E-state index is 12.4. The van der Waals surface area contributed by atoms with E-state index in [1.807, 2.05) is 36.1 Å². The highest BCUT2D eigenvalue weighted by Gasteiger charge is 2.36. The molecule has 3 heteroatoms. The normalized spacial score (nSPS) is 22.3. The number of benzene rings is 1. The number of β-amino-alcohol motifs (C(OH)–C–C–N with tert-alkyl or cyclic N) is 1. The molecule has 1 N–H and O–H groups in total. The average molecular weight is 261 g/mol. The van der Waals surface area contributed by atoms with E-state index in [0.717, 1.165) is 18.4 Å². The van der Waals surface area contributed by atoms with Gasteiger partial charge in [-0.2, -0.15) is 0 Å². The number of likely N-dealkylation sites (tertiary alicyclic amines) is 1. The third kappa shape index (κ3) is 3.35. The minimum Gasteiger partial charge on any atom is -0.391 e. The van der Waals surface area contributed by atoms with Crippen molar-refractivity contribution >= 4 is 5.91 Å². The fourth-order valence-corrected chi connectivity index (χ4v) is 2.62. The molecule has 1 aliphatic rings. The molecule has 1 unspecified atom stereocenters. The van der Waals surface area contributed by atoms with Gasteiger partial charge in [-0.1, -0.05) is 29.8 Å². The lowest BCUT2D eigenvalue weighted by molar-refractivity contribution is -0.141. The van der Waals surface area contributed by atoms with Gasteiger partial charge in [0.25, 0.3) is 0 Å². The number of hydrogen-bond acceptors (Lipinski definition) is 2. The molecule has 1 atom stereocenters. The first-order chi connectivity index (χ1) is 8.88. The molecule has 1 aromatic carbocycles. The highest BCUT2D eigenvalue weighted by atomic mass is 16.3. The van der Waals surface area contributed by atoms with Crippen molar-refractivity contribution < 1.29 is 9.90 Å².